The molecule has 0 aliphatic carbocycles. The van der Waals surface area contributed by atoms with E-state index in [1.54, 1.807) is 48.4 Å². The highest BCUT2D eigenvalue weighted by Crippen LogP contribution is 2.33. The fourth-order valence-electron chi connectivity index (χ4n) is 4.26. The molecule has 1 amide bonds. The monoisotopic (exact) mass is 501 g/mol. The summed E-state index contributed by atoms with van der Waals surface area (Å²) in [5, 5.41) is 0. The van der Waals surface area contributed by atoms with Gasteiger partial charge in [0.05, 0.1) is 13.0 Å². The first-order valence-electron chi connectivity index (χ1n) is 12.3. The molecule has 1 aliphatic rings. The van der Waals surface area contributed by atoms with Crippen molar-refractivity contribution in [1.29, 1.82) is 0 Å². The number of ether oxygens (including phenoxy) is 3. The van der Waals surface area contributed by atoms with Crippen LogP contribution in [0.15, 0.2) is 66.7 Å². The van der Waals surface area contributed by atoms with E-state index in [4.69, 9.17) is 14.2 Å². The van der Waals surface area contributed by atoms with Gasteiger partial charge >= 0.3 is 5.97 Å². The average Bonchev–Trinajstić information content (AvgIpc) is 3.29. The van der Waals surface area contributed by atoms with Crippen LogP contribution in [0.5, 0.6) is 17.2 Å². The Balaban J connectivity index is 1.35. The minimum absolute atomic E-state index is 0.0366. The molecule has 1 atom stereocenters. The molecule has 1 saturated heterocycles. The van der Waals surface area contributed by atoms with E-state index < -0.39 is 11.9 Å². The van der Waals surface area contributed by atoms with Crippen molar-refractivity contribution in [2.45, 2.75) is 33.1 Å². The molecule has 1 aliphatic heterocycles. The maximum atomic E-state index is 12.7. The number of esters is 1. The van der Waals surface area contributed by atoms with Crippen molar-refractivity contribution in [2.75, 3.05) is 25.2 Å². The molecule has 0 N–H and O–H groups in total. The van der Waals surface area contributed by atoms with Crippen LogP contribution in [0, 0.1) is 12.8 Å². The topological polar surface area (TPSA) is 82.1 Å². The van der Waals surface area contributed by atoms with Crippen molar-refractivity contribution >= 4 is 23.3 Å². The van der Waals surface area contributed by atoms with Crippen LogP contribution in [0.4, 0.5) is 5.69 Å². The Bertz CT molecular complexity index is 1280. The number of Topliss-reactive ketones (excluding diaryl/α,β-unsaturated/α-hetero) is 1. The Morgan fingerprint density at radius 1 is 0.973 bits per heavy atom. The van der Waals surface area contributed by atoms with E-state index in [2.05, 4.69) is 26.0 Å². The lowest BCUT2D eigenvalue weighted by atomic mass is 10.0. The summed E-state index contributed by atoms with van der Waals surface area (Å²) in [7, 11) is 1.54. The van der Waals surface area contributed by atoms with Gasteiger partial charge in [0.2, 0.25) is 5.91 Å². The van der Waals surface area contributed by atoms with Crippen molar-refractivity contribution in [3.8, 4) is 17.2 Å². The van der Waals surface area contributed by atoms with Crippen molar-refractivity contribution in [2.24, 2.45) is 5.92 Å². The molecule has 1 fully saturated rings. The molecule has 7 heteroatoms. The van der Waals surface area contributed by atoms with E-state index in [-0.39, 0.29) is 31.3 Å². The van der Waals surface area contributed by atoms with E-state index in [1.165, 1.54) is 0 Å². The zero-order valence-electron chi connectivity index (χ0n) is 21.5. The van der Waals surface area contributed by atoms with Crippen LogP contribution in [-0.4, -0.2) is 37.9 Å². The van der Waals surface area contributed by atoms with Gasteiger partial charge in [-0.2, -0.15) is 0 Å². The van der Waals surface area contributed by atoms with E-state index >= 15 is 0 Å². The quantitative estimate of drug-likeness (QED) is 0.276. The van der Waals surface area contributed by atoms with Crippen molar-refractivity contribution in [3.05, 3.63) is 83.4 Å². The fraction of sp³-hybridized carbons (Fsp3) is 0.300. The summed E-state index contributed by atoms with van der Waals surface area (Å²) in [6, 6.07) is 20.0. The molecule has 3 aromatic carbocycles. The second-order valence-corrected chi connectivity index (χ2v) is 9.46. The van der Waals surface area contributed by atoms with Crippen LogP contribution < -0.4 is 14.4 Å². The summed E-state index contributed by atoms with van der Waals surface area (Å²) in [6.45, 7) is 6.09. The highest BCUT2D eigenvalue weighted by atomic mass is 16.5. The third-order valence-corrected chi connectivity index (χ3v) is 6.38. The van der Waals surface area contributed by atoms with Gasteiger partial charge < -0.3 is 19.1 Å². The number of rotatable bonds is 9. The highest BCUT2D eigenvalue weighted by Gasteiger charge is 2.36. The van der Waals surface area contributed by atoms with Gasteiger partial charge in [0.1, 0.15) is 17.2 Å². The normalized spacial score (nSPS) is 15.1. The Labute approximate surface area is 217 Å². The minimum atomic E-state index is -0.631. The van der Waals surface area contributed by atoms with E-state index in [0.29, 0.717) is 28.7 Å². The molecule has 4 rings (SSSR count). The number of nitrogens with zero attached hydrogens (tertiary/aromatic N) is 1. The van der Waals surface area contributed by atoms with Gasteiger partial charge in [-0.1, -0.05) is 26.0 Å². The predicted octanol–water partition coefficient (Wildman–Crippen LogP) is 5.70. The lowest BCUT2D eigenvalue weighted by molar-refractivity contribution is -0.147. The first-order valence-corrected chi connectivity index (χ1v) is 12.3. The van der Waals surface area contributed by atoms with Gasteiger partial charge in [-0.15, -0.1) is 0 Å². The lowest BCUT2D eigenvalue weighted by Crippen LogP contribution is -2.27. The Hall–Kier alpha value is -4.13. The molecule has 3 aromatic rings. The molecule has 0 saturated carbocycles. The van der Waals surface area contributed by atoms with Gasteiger partial charge in [0, 0.05) is 24.2 Å². The molecule has 1 heterocycles. The van der Waals surface area contributed by atoms with Crippen LogP contribution in [0.1, 0.15) is 47.7 Å². The number of amides is 1. The van der Waals surface area contributed by atoms with E-state index in [1.807, 2.05) is 25.1 Å². The number of aryl methyl sites for hydroxylation is 1. The van der Waals surface area contributed by atoms with Crippen LogP contribution in [-0.2, 0) is 14.3 Å². The summed E-state index contributed by atoms with van der Waals surface area (Å²) in [5.41, 5.74) is 3.33. The molecule has 0 unspecified atom stereocenters. The van der Waals surface area contributed by atoms with Gasteiger partial charge in [-0.25, -0.2) is 0 Å². The molecule has 0 radical (unpaired) electrons. The molecule has 7 nitrogen and oxygen atoms in total. The molecular formula is C30H31NO6. The summed E-state index contributed by atoms with van der Waals surface area (Å²) < 4.78 is 16.5. The van der Waals surface area contributed by atoms with Crippen molar-refractivity contribution in [1.82, 2.24) is 0 Å². The number of methoxy groups -OCH3 is 1. The van der Waals surface area contributed by atoms with Gasteiger partial charge in [0.15, 0.2) is 12.4 Å². The van der Waals surface area contributed by atoms with Crippen LogP contribution in [0.25, 0.3) is 0 Å². The SMILES string of the molecule is COc1ccc(C(=O)COC(=O)[C@H]2CC(=O)N(c3ccc(Oc4cc(C)ccc4C(C)C)cc3)C2)cc1. The van der Waals surface area contributed by atoms with Crippen LogP contribution >= 0.6 is 0 Å². The Morgan fingerprint density at radius 3 is 2.30 bits per heavy atom. The first-order chi connectivity index (χ1) is 17.7. The molecule has 0 bridgehead atoms. The third kappa shape index (κ3) is 6.17. The van der Waals surface area contributed by atoms with E-state index in [9.17, 15) is 14.4 Å². The summed E-state index contributed by atoms with van der Waals surface area (Å²) in [4.78, 5) is 39.1. The average molecular weight is 502 g/mol. The second-order valence-electron chi connectivity index (χ2n) is 9.46. The number of ketones is 1. The predicted molar refractivity (Wildman–Crippen MR) is 141 cm³/mol. The number of carbonyl (C=O) groups excluding carboxylic acids is 3. The molecule has 0 spiro atoms. The summed E-state index contributed by atoms with van der Waals surface area (Å²) in [6.07, 6.45) is 0.0366. The molecular weight excluding hydrogens is 470 g/mol. The summed E-state index contributed by atoms with van der Waals surface area (Å²) >= 11 is 0. The maximum absolute atomic E-state index is 12.7. The molecule has 37 heavy (non-hydrogen) atoms. The number of hydrogen-bond donors (Lipinski definition) is 0. The van der Waals surface area contributed by atoms with Gasteiger partial charge in [0.25, 0.3) is 0 Å². The van der Waals surface area contributed by atoms with Gasteiger partial charge in [-0.3, -0.25) is 14.4 Å². The minimum Gasteiger partial charge on any atom is -0.497 e. The van der Waals surface area contributed by atoms with Crippen LogP contribution in [0.3, 0.4) is 0 Å². The maximum Gasteiger partial charge on any atom is 0.311 e. The lowest BCUT2D eigenvalue weighted by Gasteiger charge is -2.18. The summed E-state index contributed by atoms with van der Waals surface area (Å²) in [5.74, 6) is 0.752. The first kappa shape index (κ1) is 25.9. The smallest absolute Gasteiger partial charge is 0.311 e. The number of anilines is 1. The zero-order valence-corrected chi connectivity index (χ0v) is 21.5. The van der Waals surface area contributed by atoms with Crippen LogP contribution in [0.2, 0.25) is 0 Å². The molecule has 0 aromatic heterocycles. The number of carbonyl (C=O) groups is 3. The Kier molecular flexibility index (Phi) is 7.92. The standard InChI is InChI=1S/C30H31NO6/c1-19(2)26-14-5-20(3)15-28(26)37-25-12-8-23(9-13-25)31-17-22(16-29(31)33)30(34)36-18-27(32)21-6-10-24(35-4)11-7-21/h5-15,19,22H,16-18H2,1-4H3/t22-/m0/s1. The third-order valence-electron chi connectivity index (χ3n) is 6.38. The number of hydrogen-bond acceptors (Lipinski definition) is 6. The van der Waals surface area contributed by atoms with Gasteiger partial charge in [-0.05, 0) is 78.6 Å². The highest BCUT2D eigenvalue weighted by molar-refractivity contribution is 6.01. The Morgan fingerprint density at radius 2 is 1.65 bits per heavy atom. The van der Waals surface area contributed by atoms with Crippen molar-refractivity contribution in [3.63, 3.8) is 0 Å². The fourth-order valence-corrected chi connectivity index (χ4v) is 4.26. The van der Waals surface area contributed by atoms with Crippen molar-refractivity contribution < 1.29 is 28.6 Å². The van der Waals surface area contributed by atoms with E-state index in [0.717, 1.165) is 16.9 Å². The molecule has 192 valence electrons. The largest absolute Gasteiger partial charge is 0.497 e. The zero-order chi connectivity index (χ0) is 26.5. The number of benzene rings is 3. The second kappa shape index (κ2) is 11.3.